The van der Waals surface area contributed by atoms with E-state index in [1.165, 1.54) is 18.2 Å². The number of sulfonamides is 1. The number of halogens is 2. The number of benzene rings is 2. The summed E-state index contributed by atoms with van der Waals surface area (Å²) in [6, 6.07) is 13.7. The van der Waals surface area contributed by atoms with Gasteiger partial charge in [0, 0.05) is 18.9 Å². The van der Waals surface area contributed by atoms with Crippen molar-refractivity contribution in [3.05, 3.63) is 82.1 Å². The maximum Gasteiger partial charge on any atom is 0.240 e. The van der Waals surface area contributed by atoms with E-state index in [1.807, 2.05) is 41.2 Å². The van der Waals surface area contributed by atoms with Crippen LogP contribution in [0.3, 0.4) is 0 Å². The van der Waals surface area contributed by atoms with Crippen molar-refractivity contribution in [3.8, 4) is 0 Å². The first-order valence-corrected chi connectivity index (χ1v) is 9.68. The highest BCUT2D eigenvalue weighted by atomic mass is 35.5. The summed E-state index contributed by atoms with van der Waals surface area (Å²) in [5, 5.41) is 4.67. The second kappa shape index (κ2) is 7.58. The van der Waals surface area contributed by atoms with Crippen LogP contribution in [-0.2, 0) is 23.1 Å². The lowest BCUT2D eigenvalue weighted by molar-refractivity contribution is 0.581. The molecule has 0 unspecified atom stereocenters. The first-order chi connectivity index (χ1) is 11.9. The molecule has 0 atom stereocenters. The lowest BCUT2D eigenvalue weighted by atomic mass is 10.1. The van der Waals surface area contributed by atoms with E-state index in [1.54, 1.807) is 6.20 Å². The van der Waals surface area contributed by atoms with Crippen LogP contribution >= 0.6 is 23.2 Å². The summed E-state index contributed by atoms with van der Waals surface area (Å²) < 4.78 is 29.0. The zero-order valence-corrected chi connectivity index (χ0v) is 15.4. The molecule has 0 aliphatic rings. The third-order valence-electron chi connectivity index (χ3n) is 3.59. The molecule has 0 amide bonds. The molecule has 5 nitrogen and oxygen atoms in total. The molecule has 1 aromatic heterocycles. The first kappa shape index (κ1) is 17.9. The van der Waals surface area contributed by atoms with Gasteiger partial charge in [0.1, 0.15) is 0 Å². The topological polar surface area (TPSA) is 64.0 Å². The van der Waals surface area contributed by atoms with Crippen LogP contribution in [0.25, 0.3) is 0 Å². The average molecular weight is 396 g/mol. The molecule has 3 aromatic rings. The minimum absolute atomic E-state index is 0.0807. The van der Waals surface area contributed by atoms with Gasteiger partial charge in [0.2, 0.25) is 10.0 Å². The van der Waals surface area contributed by atoms with Crippen LogP contribution in [0.4, 0.5) is 0 Å². The predicted octanol–water partition coefficient (Wildman–Crippen LogP) is 3.72. The lowest BCUT2D eigenvalue weighted by Gasteiger charge is -2.09. The van der Waals surface area contributed by atoms with Crippen molar-refractivity contribution in [1.29, 1.82) is 0 Å². The van der Waals surface area contributed by atoms with Gasteiger partial charge in [-0.2, -0.15) is 5.10 Å². The molecule has 2 aromatic carbocycles. The van der Waals surface area contributed by atoms with Crippen molar-refractivity contribution >= 4 is 33.2 Å². The summed E-state index contributed by atoms with van der Waals surface area (Å²) in [7, 11) is -3.66. The van der Waals surface area contributed by atoms with Crippen molar-refractivity contribution in [3.63, 3.8) is 0 Å². The molecule has 0 saturated heterocycles. The predicted molar refractivity (Wildman–Crippen MR) is 98.3 cm³/mol. The summed E-state index contributed by atoms with van der Waals surface area (Å²) in [6.45, 7) is 0.854. The molecule has 25 heavy (non-hydrogen) atoms. The van der Waals surface area contributed by atoms with Crippen molar-refractivity contribution in [2.45, 2.75) is 18.0 Å². The van der Waals surface area contributed by atoms with E-state index >= 15 is 0 Å². The highest BCUT2D eigenvalue weighted by Crippen LogP contribution is 2.24. The Balaban J connectivity index is 1.65. The molecule has 0 aliphatic heterocycles. The van der Waals surface area contributed by atoms with Gasteiger partial charge in [-0.05, 0) is 35.4 Å². The van der Waals surface area contributed by atoms with Gasteiger partial charge in [-0.1, -0.05) is 47.5 Å². The van der Waals surface area contributed by atoms with Crippen molar-refractivity contribution in [2.24, 2.45) is 0 Å². The van der Waals surface area contributed by atoms with Crippen molar-refractivity contribution < 1.29 is 8.42 Å². The minimum atomic E-state index is -3.66. The average Bonchev–Trinajstić information content (AvgIpc) is 3.10. The number of hydrogen-bond acceptors (Lipinski definition) is 3. The van der Waals surface area contributed by atoms with E-state index in [4.69, 9.17) is 23.2 Å². The van der Waals surface area contributed by atoms with Crippen molar-refractivity contribution in [1.82, 2.24) is 14.5 Å². The van der Waals surface area contributed by atoms with Gasteiger partial charge in [-0.25, -0.2) is 13.1 Å². The zero-order chi connectivity index (χ0) is 17.9. The Hall–Kier alpha value is -1.86. The van der Waals surface area contributed by atoms with Gasteiger partial charge in [0.25, 0.3) is 0 Å². The molecule has 1 heterocycles. The maximum absolute atomic E-state index is 12.3. The van der Waals surface area contributed by atoms with Crippen LogP contribution < -0.4 is 4.72 Å². The Labute approximate surface area is 156 Å². The Bertz CT molecular complexity index is 956. The Kier molecular flexibility index (Phi) is 5.44. The monoisotopic (exact) mass is 395 g/mol. The fourth-order valence-electron chi connectivity index (χ4n) is 2.25. The molecule has 3 rings (SSSR count). The molecule has 0 bridgehead atoms. The molecule has 8 heteroatoms. The molecule has 0 spiro atoms. The van der Waals surface area contributed by atoms with E-state index in [2.05, 4.69) is 9.82 Å². The molecule has 0 saturated carbocycles. The fraction of sp³-hybridized carbons (Fsp3) is 0.118. The molecule has 1 N–H and O–H groups in total. The Morgan fingerprint density at radius 1 is 1.00 bits per heavy atom. The molecule has 0 radical (unpaired) electrons. The van der Waals surface area contributed by atoms with Crippen LogP contribution in [0.5, 0.6) is 0 Å². The highest BCUT2D eigenvalue weighted by molar-refractivity contribution is 7.89. The SMILES string of the molecule is O=S(=O)(NCc1ccc(Cn2cccn2)cc1)c1ccc(Cl)c(Cl)c1. The largest absolute Gasteiger partial charge is 0.268 e. The fourth-order valence-corrected chi connectivity index (χ4v) is 3.66. The van der Waals surface area contributed by atoms with Crippen LogP contribution in [0.2, 0.25) is 10.0 Å². The zero-order valence-electron chi connectivity index (χ0n) is 13.1. The number of nitrogens with zero attached hydrogens (tertiary/aromatic N) is 2. The smallest absolute Gasteiger partial charge is 0.240 e. The van der Waals surface area contributed by atoms with Crippen LogP contribution in [-0.4, -0.2) is 18.2 Å². The summed E-state index contributed by atoms with van der Waals surface area (Å²) in [5.41, 5.74) is 1.94. The van der Waals surface area contributed by atoms with Gasteiger partial charge < -0.3 is 0 Å². The number of hydrogen-bond donors (Lipinski definition) is 1. The van der Waals surface area contributed by atoms with E-state index in [0.29, 0.717) is 11.6 Å². The van der Waals surface area contributed by atoms with Gasteiger partial charge in [0.15, 0.2) is 0 Å². The molecule has 0 aliphatic carbocycles. The molecule has 0 fully saturated rings. The van der Waals surface area contributed by atoms with E-state index in [0.717, 1.165) is 11.1 Å². The second-order valence-corrected chi connectivity index (χ2v) is 8.00. The normalized spacial score (nSPS) is 11.6. The van der Waals surface area contributed by atoms with Gasteiger partial charge in [0.05, 0.1) is 21.5 Å². The maximum atomic E-state index is 12.3. The van der Waals surface area contributed by atoms with Crippen LogP contribution in [0, 0.1) is 0 Å². The van der Waals surface area contributed by atoms with Crippen molar-refractivity contribution in [2.75, 3.05) is 0 Å². The quantitative estimate of drug-likeness (QED) is 0.691. The standard InChI is InChI=1S/C17H15Cl2N3O2S/c18-16-7-6-15(10-17(16)19)25(23,24)21-11-13-2-4-14(5-3-13)12-22-9-1-8-20-22/h1-10,21H,11-12H2. The molecule has 130 valence electrons. The van der Waals surface area contributed by atoms with Gasteiger partial charge in [-0.3, -0.25) is 4.68 Å². The second-order valence-electron chi connectivity index (χ2n) is 5.42. The third kappa shape index (κ3) is 4.61. The Morgan fingerprint density at radius 3 is 2.36 bits per heavy atom. The number of aromatic nitrogens is 2. The lowest BCUT2D eigenvalue weighted by Crippen LogP contribution is -2.23. The minimum Gasteiger partial charge on any atom is -0.268 e. The van der Waals surface area contributed by atoms with E-state index in [9.17, 15) is 8.42 Å². The molecular formula is C17H15Cl2N3O2S. The van der Waals surface area contributed by atoms with E-state index < -0.39 is 10.0 Å². The van der Waals surface area contributed by atoms with Gasteiger partial charge >= 0.3 is 0 Å². The summed E-state index contributed by atoms with van der Waals surface area (Å²) in [6.07, 6.45) is 3.62. The third-order valence-corrected chi connectivity index (χ3v) is 5.73. The first-order valence-electron chi connectivity index (χ1n) is 7.44. The van der Waals surface area contributed by atoms with Crippen LogP contribution in [0.1, 0.15) is 11.1 Å². The molecular weight excluding hydrogens is 381 g/mol. The van der Waals surface area contributed by atoms with Gasteiger partial charge in [-0.15, -0.1) is 0 Å². The highest BCUT2D eigenvalue weighted by Gasteiger charge is 2.15. The summed E-state index contributed by atoms with van der Waals surface area (Å²) >= 11 is 11.7. The Morgan fingerprint density at radius 2 is 1.72 bits per heavy atom. The number of nitrogens with one attached hydrogen (secondary N) is 1. The number of rotatable bonds is 6. The van der Waals surface area contributed by atoms with Crippen LogP contribution in [0.15, 0.2) is 65.8 Å². The van der Waals surface area contributed by atoms with E-state index in [-0.39, 0.29) is 16.5 Å². The summed E-state index contributed by atoms with van der Waals surface area (Å²) in [4.78, 5) is 0.0807. The summed E-state index contributed by atoms with van der Waals surface area (Å²) in [5.74, 6) is 0.